The van der Waals surface area contributed by atoms with Crippen LogP contribution in [-0.2, 0) is 19.1 Å². The molecule has 0 radical (unpaired) electrons. The first-order chi connectivity index (χ1) is 14.7. The fraction of sp³-hybridized carbons (Fsp3) is 0.741. The fourth-order valence-electron chi connectivity index (χ4n) is 6.98. The number of carbonyl (C=O) groups is 3. The van der Waals surface area contributed by atoms with E-state index in [2.05, 4.69) is 0 Å². The molecular formula is C27H38O5. The van der Waals surface area contributed by atoms with Gasteiger partial charge in [0.05, 0.1) is 16.4 Å². The zero-order valence-corrected chi connectivity index (χ0v) is 20.6. The molecule has 2 bridgehead atoms. The molecule has 4 aliphatic rings. The number of allylic oxidation sites excluding steroid dienone is 4. The molecule has 1 aliphatic heterocycles. The van der Waals surface area contributed by atoms with Crippen LogP contribution in [0.5, 0.6) is 0 Å². The van der Waals surface area contributed by atoms with Gasteiger partial charge in [0.1, 0.15) is 16.9 Å². The Morgan fingerprint density at radius 2 is 1.88 bits per heavy atom. The number of Topliss-reactive ketones (excluding diaryl/α,β-unsaturated/α-hetero) is 3. The van der Waals surface area contributed by atoms with Crippen LogP contribution in [0.25, 0.3) is 0 Å². The Bertz CT molecular complexity index is 951. The summed E-state index contributed by atoms with van der Waals surface area (Å²) in [5.74, 6) is -0.723. The molecule has 3 fully saturated rings. The second kappa shape index (κ2) is 7.12. The van der Waals surface area contributed by atoms with E-state index in [1.807, 2.05) is 47.6 Å². The molecule has 2 unspecified atom stereocenters. The van der Waals surface area contributed by atoms with E-state index >= 15 is 0 Å². The summed E-state index contributed by atoms with van der Waals surface area (Å²) >= 11 is 0. The number of rotatable bonds is 5. The highest BCUT2D eigenvalue weighted by molar-refractivity contribution is 6.31. The minimum Gasteiger partial charge on any atom is -0.490 e. The lowest BCUT2D eigenvalue weighted by Crippen LogP contribution is -2.57. The molecule has 0 aromatic heterocycles. The quantitative estimate of drug-likeness (QED) is 0.379. The summed E-state index contributed by atoms with van der Waals surface area (Å²) in [5, 5.41) is 11.2. The average Bonchev–Trinajstić information content (AvgIpc) is 3.16. The summed E-state index contributed by atoms with van der Waals surface area (Å²) in [6, 6.07) is 0. The summed E-state index contributed by atoms with van der Waals surface area (Å²) in [4.78, 5) is 41.7. The zero-order chi connectivity index (χ0) is 23.9. The van der Waals surface area contributed by atoms with Crippen LogP contribution in [0.2, 0.25) is 0 Å². The van der Waals surface area contributed by atoms with Gasteiger partial charge >= 0.3 is 0 Å². The van der Waals surface area contributed by atoms with E-state index in [0.717, 1.165) is 12.0 Å². The van der Waals surface area contributed by atoms with Crippen LogP contribution in [0.4, 0.5) is 0 Å². The van der Waals surface area contributed by atoms with Crippen molar-refractivity contribution in [3.8, 4) is 0 Å². The van der Waals surface area contributed by atoms with E-state index in [1.165, 1.54) is 0 Å². The average molecular weight is 443 g/mol. The van der Waals surface area contributed by atoms with Gasteiger partial charge in [-0.3, -0.25) is 14.4 Å². The number of carbonyl (C=O) groups excluding carboxylic acids is 3. The molecule has 1 spiro atoms. The van der Waals surface area contributed by atoms with Crippen molar-refractivity contribution in [2.24, 2.45) is 28.6 Å². The third kappa shape index (κ3) is 2.96. The van der Waals surface area contributed by atoms with Crippen molar-refractivity contribution in [3.63, 3.8) is 0 Å². The van der Waals surface area contributed by atoms with Crippen molar-refractivity contribution < 1.29 is 24.2 Å². The Morgan fingerprint density at radius 3 is 2.47 bits per heavy atom. The molecule has 32 heavy (non-hydrogen) atoms. The molecule has 1 N–H and O–H groups in total. The third-order valence-electron chi connectivity index (χ3n) is 9.14. The molecule has 0 aromatic rings. The van der Waals surface area contributed by atoms with Gasteiger partial charge in [0.15, 0.2) is 17.3 Å². The van der Waals surface area contributed by atoms with Crippen LogP contribution in [-0.4, -0.2) is 33.7 Å². The highest BCUT2D eigenvalue weighted by Gasteiger charge is 2.73. The molecule has 2 saturated carbocycles. The SMILES string of the molecule is CCC(C)C(=O)C1=C2O[C@]3(C)CC2(C[C@H]2[C@H]3CC[C@]2(C)O)C(=O)[C@](C)(CC=C(C)C)C1=O. The van der Waals surface area contributed by atoms with Crippen LogP contribution in [0.3, 0.4) is 0 Å². The zero-order valence-electron chi connectivity index (χ0n) is 20.6. The predicted octanol–water partition coefficient (Wildman–Crippen LogP) is 4.72. The molecule has 3 aliphatic carbocycles. The normalized spacial score (nSPS) is 43.5. The predicted molar refractivity (Wildman–Crippen MR) is 122 cm³/mol. The number of fused-ring (bicyclic) bond motifs is 3. The molecule has 7 atom stereocenters. The van der Waals surface area contributed by atoms with E-state index in [9.17, 15) is 19.5 Å². The second-order valence-electron chi connectivity index (χ2n) is 11.8. The summed E-state index contributed by atoms with van der Waals surface area (Å²) in [6.45, 7) is 13.2. The first-order valence-electron chi connectivity index (χ1n) is 12.2. The lowest BCUT2D eigenvalue weighted by Gasteiger charge is -2.47. The monoisotopic (exact) mass is 442 g/mol. The number of ketones is 3. The maximum atomic E-state index is 14.3. The van der Waals surface area contributed by atoms with Crippen molar-refractivity contribution in [1.29, 1.82) is 0 Å². The highest BCUT2D eigenvalue weighted by Crippen LogP contribution is 2.69. The van der Waals surface area contributed by atoms with Crippen molar-refractivity contribution in [3.05, 3.63) is 23.0 Å². The third-order valence-corrected chi connectivity index (χ3v) is 9.14. The van der Waals surface area contributed by atoms with Crippen molar-refractivity contribution in [2.75, 3.05) is 0 Å². The van der Waals surface area contributed by atoms with Gasteiger partial charge in [0.2, 0.25) is 0 Å². The molecule has 5 heteroatoms. The Hall–Kier alpha value is -1.75. The first-order valence-corrected chi connectivity index (χ1v) is 12.2. The Labute approximate surface area is 191 Å². The minimum atomic E-state index is -1.30. The summed E-state index contributed by atoms with van der Waals surface area (Å²) in [5.41, 5.74) is -2.70. The molecule has 0 aromatic carbocycles. The van der Waals surface area contributed by atoms with Crippen molar-refractivity contribution in [1.82, 2.24) is 0 Å². The van der Waals surface area contributed by atoms with Gasteiger partial charge in [0, 0.05) is 18.3 Å². The molecule has 5 nitrogen and oxygen atoms in total. The maximum Gasteiger partial charge on any atom is 0.183 e. The van der Waals surface area contributed by atoms with E-state index < -0.39 is 22.0 Å². The van der Waals surface area contributed by atoms with Gasteiger partial charge < -0.3 is 9.84 Å². The second-order valence-corrected chi connectivity index (χ2v) is 11.8. The fourth-order valence-corrected chi connectivity index (χ4v) is 6.98. The molecule has 1 saturated heterocycles. The van der Waals surface area contributed by atoms with Crippen molar-refractivity contribution in [2.45, 2.75) is 98.2 Å². The summed E-state index contributed by atoms with van der Waals surface area (Å²) < 4.78 is 6.55. The lowest BCUT2D eigenvalue weighted by atomic mass is 9.51. The van der Waals surface area contributed by atoms with E-state index in [4.69, 9.17) is 4.74 Å². The lowest BCUT2D eigenvalue weighted by molar-refractivity contribution is -0.149. The van der Waals surface area contributed by atoms with Crippen LogP contribution >= 0.6 is 0 Å². The largest absolute Gasteiger partial charge is 0.490 e. The topological polar surface area (TPSA) is 80.7 Å². The Kier molecular flexibility index (Phi) is 5.21. The molecule has 1 heterocycles. The molecule has 4 rings (SSSR count). The van der Waals surface area contributed by atoms with Crippen LogP contribution in [0, 0.1) is 28.6 Å². The van der Waals surface area contributed by atoms with Crippen molar-refractivity contribution >= 4 is 17.3 Å². The summed E-state index contributed by atoms with van der Waals surface area (Å²) in [7, 11) is 0. The number of aliphatic hydroxyl groups is 1. The Morgan fingerprint density at radius 1 is 1.22 bits per heavy atom. The maximum absolute atomic E-state index is 14.3. The van der Waals surface area contributed by atoms with E-state index in [1.54, 1.807) is 6.92 Å². The number of hydrogen-bond acceptors (Lipinski definition) is 5. The first kappa shape index (κ1) is 23.4. The Balaban J connectivity index is 1.95. The standard InChI is InChI=1S/C27H38O5/c1-8-16(4)20(28)19-21(29)24(5,11-9-15(2)3)23(30)27-13-18-17(10-12-25(18,6)31)26(7,14-27)32-22(19)27/h9,16-18,31H,8,10-14H2,1-7H3/t16?,17-,18+,24-,25+,26-,27?/m1/s1. The van der Waals surface area contributed by atoms with Gasteiger partial charge in [-0.25, -0.2) is 0 Å². The molecular weight excluding hydrogens is 404 g/mol. The van der Waals surface area contributed by atoms with Crippen LogP contribution in [0.1, 0.15) is 87.0 Å². The van der Waals surface area contributed by atoms with Gasteiger partial charge in [-0.05, 0) is 72.6 Å². The van der Waals surface area contributed by atoms with Gasteiger partial charge in [0.25, 0.3) is 0 Å². The minimum absolute atomic E-state index is 0.0939. The number of ether oxygens (including phenoxy) is 1. The van der Waals surface area contributed by atoms with E-state index in [-0.39, 0.29) is 47.1 Å². The molecule has 0 amide bonds. The van der Waals surface area contributed by atoms with Crippen LogP contribution < -0.4 is 0 Å². The van der Waals surface area contributed by atoms with Crippen LogP contribution in [0.15, 0.2) is 23.0 Å². The molecule has 176 valence electrons. The highest BCUT2D eigenvalue weighted by atomic mass is 16.5. The summed E-state index contributed by atoms with van der Waals surface area (Å²) in [6.07, 6.45) is 5.26. The smallest absolute Gasteiger partial charge is 0.183 e. The number of hydrogen-bond donors (Lipinski definition) is 1. The van der Waals surface area contributed by atoms with E-state index in [0.29, 0.717) is 31.4 Å². The van der Waals surface area contributed by atoms with Gasteiger partial charge in [-0.15, -0.1) is 0 Å². The van der Waals surface area contributed by atoms with Gasteiger partial charge in [-0.1, -0.05) is 25.5 Å². The van der Waals surface area contributed by atoms with Gasteiger partial charge in [-0.2, -0.15) is 0 Å².